The summed E-state index contributed by atoms with van der Waals surface area (Å²) >= 11 is 0. The number of morpholine rings is 1. The lowest BCUT2D eigenvalue weighted by atomic mass is 10.2. The van der Waals surface area contributed by atoms with Gasteiger partial charge in [-0.2, -0.15) is 9.69 Å². The van der Waals surface area contributed by atoms with Crippen LogP contribution >= 0.6 is 0 Å². The van der Waals surface area contributed by atoms with Gasteiger partial charge in [-0.05, 0) is 12.1 Å². The smallest absolute Gasteiger partial charge is 0.408 e. The predicted octanol–water partition coefficient (Wildman–Crippen LogP) is -0.923. The number of rotatable bonds is 3. The van der Waals surface area contributed by atoms with Gasteiger partial charge in [0.05, 0.1) is 13.2 Å². The van der Waals surface area contributed by atoms with Crippen LogP contribution in [0.25, 0.3) is 0 Å². The van der Waals surface area contributed by atoms with Gasteiger partial charge in [0, 0.05) is 24.4 Å². The van der Waals surface area contributed by atoms with Crippen LogP contribution in [0.3, 0.4) is 0 Å². The maximum Gasteiger partial charge on any atom is 0.520 e. The molecule has 0 aromatic heterocycles. The fourth-order valence-corrected chi connectivity index (χ4v) is 2.55. The number of carbonyl (C=O) groups excluding carboxylic acids is 2. The fraction of sp³-hybridized carbons (Fsp3) is 0.429. The molecule has 1 aromatic rings. The van der Waals surface area contributed by atoms with Crippen LogP contribution in [0.5, 0.6) is 0 Å². The van der Waals surface area contributed by atoms with E-state index in [2.05, 4.69) is 0 Å². The molecular weight excluding hydrogens is 276 g/mol. The minimum absolute atomic E-state index is 0.0673. The van der Waals surface area contributed by atoms with Gasteiger partial charge in [-0.25, -0.2) is 0 Å². The monoisotopic (exact) mass is 293 g/mol. The van der Waals surface area contributed by atoms with Gasteiger partial charge >= 0.3 is 6.09 Å². The lowest BCUT2D eigenvalue weighted by molar-refractivity contribution is -0.734. The summed E-state index contributed by atoms with van der Waals surface area (Å²) in [7, 11) is 0. The second-order valence-electron chi connectivity index (χ2n) is 5.04. The molecule has 21 heavy (non-hydrogen) atoms. The number of cyclic esters (lactones) is 1. The van der Waals surface area contributed by atoms with E-state index in [1.807, 2.05) is 12.1 Å². The molecular formula is C14H17N2O5+. The first-order chi connectivity index (χ1) is 10.2. The van der Waals surface area contributed by atoms with E-state index in [0.717, 1.165) is 11.4 Å². The van der Waals surface area contributed by atoms with Crippen LogP contribution in [0.4, 0.5) is 16.2 Å². The van der Waals surface area contributed by atoms with E-state index in [9.17, 15) is 9.59 Å². The van der Waals surface area contributed by atoms with Crippen LogP contribution in [0.2, 0.25) is 0 Å². The Hall–Kier alpha value is -1.96. The molecule has 7 heteroatoms. The molecule has 3 rings (SSSR count). The Balaban J connectivity index is 1.75. The lowest BCUT2D eigenvalue weighted by Crippen LogP contribution is -3.08. The molecule has 7 nitrogen and oxygen atoms in total. The van der Waals surface area contributed by atoms with Crippen LogP contribution in [0.1, 0.15) is 0 Å². The molecule has 112 valence electrons. The lowest BCUT2D eigenvalue weighted by Gasteiger charge is -2.26. The third-order valence-corrected chi connectivity index (χ3v) is 3.67. The predicted molar refractivity (Wildman–Crippen MR) is 72.5 cm³/mol. The number of amides is 2. The number of ether oxygens (including phenoxy) is 2. The molecule has 0 radical (unpaired) electrons. The van der Waals surface area contributed by atoms with E-state index < -0.39 is 6.10 Å². The number of aliphatic hydroxyl groups is 1. The summed E-state index contributed by atoms with van der Waals surface area (Å²) in [6, 6.07) is 7.22. The van der Waals surface area contributed by atoms with Gasteiger partial charge in [0.15, 0.2) is 6.10 Å². The molecule has 0 aliphatic carbocycles. The summed E-state index contributed by atoms with van der Waals surface area (Å²) in [4.78, 5) is 25.7. The molecule has 2 saturated heterocycles. The van der Waals surface area contributed by atoms with Gasteiger partial charge in [0.1, 0.15) is 18.8 Å². The first-order valence-electron chi connectivity index (χ1n) is 6.85. The Morgan fingerprint density at radius 1 is 1.29 bits per heavy atom. The molecule has 2 amide bonds. The van der Waals surface area contributed by atoms with E-state index in [0.29, 0.717) is 24.6 Å². The second-order valence-corrected chi connectivity index (χ2v) is 5.04. The number of nitrogens with one attached hydrogen (secondary N) is 1. The zero-order valence-corrected chi connectivity index (χ0v) is 11.4. The van der Waals surface area contributed by atoms with Crippen molar-refractivity contribution in [3.63, 3.8) is 0 Å². The third kappa shape index (κ3) is 2.76. The largest absolute Gasteiger partial charge is 0.520 e. The molecule has 2 aliphatic rings. The number of hydrogen-bond donors (Lipinski definition) is 2. The average Bonchev–Trinajstić information content (AvgIpc) is 2.89. The summed E-state index contributed by atoms with van der Waals surface area (Å²) in [5.74, 6) is -0.0673. The Bertz CT molecular complexity index is 545. The second kappa shape index (κ2) is 5.80. The van der Waals surface area contributed by atoms with Gasteiger partial charge in [0.25, 0.3) is 5.91 Å². The fourth-order valence-electron chi connectivity index (χ4n) is 2.55. The van der Waals surface area contributed by atoms with E-state index in [1.54, 1.807) is 17.0 Å². The van der Waals surface area contributed by atoms with E-state index in [-0.39, 0.29) is 25.2 Å². The van der Waals surface area contributed by atoms with Crippen LogP contribution in [0.15, 0.2) is 24.3 Å². The molecule has 1 aromatic carbocycles. The number of quaternary nitrogens is 1. The van der Waals surface area contributed by atoms with E-state index in [4.69, 9.17) is 14.6 Å². The maximum absolute atomic E-state index is 11.8. The molecule has 0 bridgehead atoms. The summed E-state index contributed by atoms with van der Waals surface area (Å²) in [6.45, 7) is 1.39. The van der Waals surface area contributed by atoms with Crippen LogP contribution in [-0.4, -0.2) is 56.1 Å². The van der Waals surface area contributed by atoms with Crippen molar-refractivity contribution in [1.82, 2.24) is 0 Å². The summed E-state index contributed by atoms with van der Waals surface area (Å²) in [5.41, 5.74) is 1.55. The Morgan fingerprint density at radius 3 is 2.67 bits per heavy atom. The summed E-state index contributed by atoms with van der Waals surface area (Å²) < 4.78 is 10.1. The van der Waals surface area contributed by atoms with Gasteiger partial charge in [0.2, 0.25) is 0 Å². The van der Waals surface area contributed by atoms with Gasteiger partial charge in [-0.15, -0.1) is 0 Å². The molecule has 2 fully saturated rings. The normalized spacial score (nSPS) is 26.0. The Morgan fingerprint density at radius 2 is 2.05 bits per heavy atom. The first kappa shape index (κ1) is 14.0. The number of benzene rings is 1. The van der Waals surface area contributed by atoms with Gasteiger partial charge < -0.3 is 19.5 Å². The van der Waals surface area contributed by atoms with Crippen molar-refractivity contribution in [2.24, 2.45) is 0 Å². The van der Waals surface area contributed by atoms with Crippen molar-refractivity contribution >= 4 is 23.4 Å². The average molecular weight is 293 g/mol. The van der Waals surface area contributed by atoms with Crippen LogP contribution < -0.4 is 9.80 Å². The highest BCUT2D eigenvalue weighted by Gasteiger charge is 2.38. The zero-order valence-electron chi connectivity index (χ0n) is 11.4. The SMILES string of the molecule is O=C1COCCN1c1ccc([NH+]2C[C@H](CO)OC2=O)cc1. The van der Waals surface area contributed by atoms with Gasteiger partial charge in [-0.1, -0.05) is 0 Å². The van der Waals surface area contributed by atoms with Crippen molar-refractivity contribution < 1.29 is 29.1 Å². The molecule has 0 saturated carbocycles. The Labute approximate surface area is 121 Å². The number of aliphatic hydroxyl groups excluding tert-OH is 1. The van der Waals surface area contributed by atoms with Crippen molar-refractivity contribution in [1.29, 1.82) is 0 Å². The Kier molecular flexibility index (Phi) is 3.87. The topological polar surface area (TPSA) is 80.5 Å². The molecule has 1 unspecified atom stereocenters. The first-order valence-corrected chi connectivity index (χ1v) is 6.85. The molecule has 2 atom stereocenters. The van der Waals surface area contributed by atoms with Gasteiger partial charge in [-0.3, -0.25) is 4.79 Å². The number of anilines is 1. The number of alkyl carbamates (subject to hydrolysis) is 1. The van der Waals surface area contributed by atoms with Crippen molar-refractivity contribution in [3.8, 4) is 0 Å². The number of hydrogen-bond acceptors (Lipinski definition) is 5. The van der Waals surface area contributed by atoms with Crippen LogP contribution in [-0.2, 0) is 14.3 Å². The van der Waals surface area contributed by atoms with E-state index in [1.165, 1.54) is 0 Å². The quantitative estimate of drug-likeness (QED) is 0.753. The van der Waals surface area contributed by atoms with Crippen LogP contribution in [0, 0.1) is 0 Å². The standard InChI is InChI=1S/C14H16N2O5/c17-8-12-7-16(14(19)21-12)11-3-1-10(2-4-11)15-5-6-20-9-13(15)18/h1-4,12,17H,5-9H2/p+1/t12-/m1/s1. The molecule has 2 aliphatic heterocycles. The molecule has 2 heterocycles. The minimum Gasteiger partial charge on any atom is -0.408 e. The minimum atomic E-state index is -0.451. The van der Waals surface area contributed by atoms with Crippen molar-refractivity contribution in [2.75, 3.05) is 37.8 Å². The highest BCUT2D eigenvalue weighted by atomic mass is 16.6. The number of nitrogens with zero attached hydrogens (tertiary/aromatic N) is 1. The highest BCUT2D eigenvalue weighted by molar-refractivity contribution is 5.94. The molecule has 2 N–H and O–H groups in total. The maximum atomic E-state index is 11.8. The summed E-state index contributed by atoms with van der Waals surface area (Å²) in [6.07, 6.45) is -0.836. The third-order valence-electron chi connectivity index (χ3n) is 3.67. The molecule has 0 spiro atoms. The highest BCUT2D eigenvalue weighted by Crippen LogP contribution is 2.18. The van der Waals surface area contributed by atoms with Crippen molar-refractivity contribution in [2.45, 2.75) is 6.10 Å². The number of carbonyl (C=O) groups is 2. The van der Waals surface area contributed by atoms with E-state index >= 15 is 0 Å². The summed E-state index contributed by atoms with van der Waals surface area (Å²) in [5, 5.41) is 9.05. The van der Waals surface area contributed by atoms with Crippen molar-refractivity contribution in [3.05, 3.63) is 24.3 Å². The zero-order chi connectivity index (χ0) is 14.8.